The Morgan fingerprint density at radius 1 is 0.767 bits per heavy atom. The van der Waals surface area contributed by atoms with E-state index in [0.29, 0.717) is 0 Å². The zero-order chi connectivity index (χ0) is 22.1. The summed E-state index contributed by atoms with van der Waals surface area (Å²) in [5.41, 5.74) is 0. The van der Waals surface area contributed by atoms with Crippen LogP contribution in [-0.4, -0.2) is 19.1 Å². The Labute approximate surface area is 182 Å². The van der Waals surface area contributed by atoms with Gasteiger partial charge in [-0.1, -0.05) is 112 Å². The summed E-state index contributed by atoms with van der Waals surface area (Å²) in [4.78, 5) is 11.4. The predicted molar refractivity (Wildman–Crippen MR) is 125 cm³/mol. The van der Waals surface area contributed by atoms with E-state index in [1.54, 1.807) is 12.2 Å². The summed E-state index contributed by atoms with van der Waals surface area (Å²) < 4.78 is 24.6. The minimum atomic E-state index is -2.86. The van der Waals surface area contributed by atoms with E-state index in [1.165, 1.54) is 51.0 Å². The molecule has 166 valence electrons. The zero-order valence-electron chi connectivity index (χ0n) is 18.1. The van der Waals surface area contributed by atoms with E-state index in [1.807, 2.05) is 42.5 Å². The molecule has 0 heterocycles. The first-order valence-corrected chi connectivity index (χ1v) is 11.8. The molecule has 0 radical (unpaired) electrons. The molecule has 6 heteroatoms. The summed E-state index contributed by atoms with van der Waals surface area (Å²) in [6.07, 6.45) is 33.0. The Balaban J connectivity index is 3.71. The molecule has 0 saturated heterocycles. The standard InChI is InChI=1S/C24H36NO4P/c1-2-3-4-5-6-7-8-9-10-11-12-13-14-15-16-17-18-19-20-21-24(26)25-22-23-29-30(27)28/h10-21H,2-9,22-23H2,1H3,(H,25,26). The average Bonchev–Trinajstić information content (AvgIpc) is 2.72. The Morgan fingerprint density at radius 3 is 1.90 bits per heavy atom. The summed E-state index contributed by atoms with van der Waals surface area (Å²) >= 11 is 0. The maximum Gasteiger partial charge on any atom is 0.468 e. The second kappa shape index (κ2) is 23.1. The fourth-order valence-corrected chi connectivity index (χ4v) is 2.64. The SMILES string of the molecule is CCCCCCCCCC=CC=CC=CC=CC=CC=CC(=O)NCCOP(=O)=O. The molecule has 0 atom stereocenters. The number of amides is 1. The van der Waals surface area contributed by atoms with Gasteiger partial charge in [-0.05, 0) is 12.8 Å². The lowest BCUT2D eigenvalue weighted by Gasteiger charge is -1.98. The lowest BCUT2D eigenvalue weighted by Crippen LogP contribution is -2.24. The molecule has 0 aromatic heterocycles. The summed E-state index contributed by atoms with van der Waals surface area (Å²) in [6, 6.07) is 0. The number of carbonyl (C=O) groups is 1. The van der Waals surface area contributed by atoms with Gasteiger partial charge in [-0.3, -0.25) is 9.32 Å². The lowest BCUT2D eigenvalue weighted by atomic mass is 10.1. The van der Waals surface area contributed by atoms with Crippen molar-refractivity contribution in [1.29, 1.82) is 0 Å². The van der Waals surface area contributed by atoms with E-state index in [0.717, 1.165) is 6.42 Å². The van der Waals surface area contributed by atoms with Crippen molar-refractivity contribution >= 4 is 13.8 Å². The molecule has 0 aliphatic heterocycles. The van der Waals surface area contributed by atoms with Crippen molar-refractivity contribution in [2.45, 2.75) is 58.3 Å². The van der Waals surface area contributed by atoms with E-state index in [9.17, 15) is 13.9 Å². The van der Waals surface area contributed by atoms with Gasteiger partial charge in [0.05, 0.1) is 6.61 Å². The summed E-state index contributed by atoms with van der Waals surface area (Å²) in [7, 11) is -2.86. The van der Waals surface area contributed by atoms with Crippen molar-refractivity contribution in [3.8, 4) is 0 Å². The van der Waals surface area contributed by atoms with E-state index in [4.69, 9.17) is 0 Å². The van der Waals surface area contributed by atoms with Crippen molar-refractivity contribution in [2.75, 3.05) is 13.2 Å². The third kappa shape index (κ3) is 23.8. The highest BCUT2D eigenvalue weighted by Crippen LogP contribution is 2.08. The fraction of sp³-hybridized carbons (Fsp3) is 0.458. The van der Waals surface area contributed by atoms with Crippen molar-refractivity contribution in [3.05, 3.63) is 72.9 Å². The van der Waals surface area contributed by atoms with Crippen LogP contribution in [0.25, 0.3) is 0 Å². The summed E-state index contributed by atoms with van der Waals surface area (Å²) in [5, 5.41) is 2.50. The van der Waals surface area contributed by atoms with Crippen LogP contribution >= 0.6 is 7.91 Å². The third-order valence-electron chi connectivity index (χ3n) is 3.96. The van der Waals surface area contributed by atoms with Gasteiger partial charge in [0.2, 0.25) is 5.91 Å². The molecule has 1 amide bonds. The normalized spacial score (nSPS) is 12.6. The number of hydrogen-bond donors (Lipinski definition) is 1. The maximum absolute atomic E-state index is 11.4. The van der Waals surface area contributed by atoms with E-state index in [-0.39, 0.29) is 19.1 Å². The van der Waals surface area contributed by atoms with E-state index >= 15 is 0 Å². The first kappa shape index (κ1) is 27.8. The molecule has 0 aliphatic carbocycles. The van der Waals surface area contributed by atoms with Gasteiger partial charge in [-0.25, -0.2) is 9.13 Å². The molecular formula is C24H36NO4P. The second-order valence-corrected chi connectivity index (χ2v) is 7.29. The van der Waals surface area contributed by atoms with Gasteiger partial charge >= 0.3 is 7.91 Å². The smallest absolute Gasteiger partial charge is 0.350 e. The van der Waals surface area contributed by atoms with Crippen LogP contribution in [0.2, 0.25) is 0 Å². The van der Waals surface area contributed by atoms with Gasteiger partial charge in [-0.2, -0.15) is 0 Å². The minimum Gasteiger partial charge on any atom is -0.350 e. The monoisotopic (exact) mass is 433 g/mol. The minimum absolute atomic E-state index is 0.0629. The van der Waals surface area contributed by atoms with Crippen LogP contribution < -0.4 is 5.32 Å². The molecule has 0 saturated carbocycles. The van der Waals surface area contributed by atoms with Gasteiger partial charge in [-0.15, -0.1) is 0 Å². The molecule has 0 rings (SSSR count). The van der Waals surface area contributed by atoms with Crippen molar-refractivity contribution in [2.24, 2.45) is 0 Å². The molecular weight excluding hydrogens is 397 g/mol. The van der Waals surface area contributed by atoms with Crippen LogP contribution in [-0.2, 0) is 18.4 Å². The van der Waals surface area contributed by atoms with Gasteiger partial charge in [0.1, 0.15) is 0 Å². The average molecular weight is 434 g/mol. The maximum atomic E-state index is 11.4. The first-order chi connectivity index (χ1) is 14.7. The number of carbonyl (C=O) groups excluding carboxylic acids is 1. The topological polar surface area (TPSA) is 72.5 Å². The quantitative estimate of drug-likeness (QED) is 0.113. The van der Waals surface area contributed by atoms with Gasteiger partial charge < -0.3 is 5.32 Å². The number of rotatable bonds is 18. The molecule has 5 nitrogen and oxygen atoms in total. The van der Waals surface area contributed by atoms with Crippen LogP contribution in [0.1, 0.15) is 58.3 Å². The molecule has 1 N–H and O–H groups in total. The fourth-order valence-electron chi connectivity index (χ4n) is 2.40. The first-order valence-electron chi connectivity index (χ1n) is 10.7. The van der Waals surface area contributed by atoms with Crippen LogP contribution in [0.15, 0.2) is 72.9 Å². The Morgan fingerprint density at radius 2 is 1.30 bits per heavy atom. The molecule has 0 aromatic carbocycles. The van der Waals surface area contributed by atoms with Gasteiger partial charge in [0.15, 0.2) is 0 Å². The molecule has 0 spiro atoms. The van der Waals surface area contributed by atoms with Crippen LogP contribution in [0.4, 0.5) is 0 Å². The highest BCUT2D eigenvalue weighted by molar-refractivity contribution is 7.24. The lowest BCUT2D eigenvalue weighted by molar-refractivity contribution is -0.116. The number of unbranched alkanes of at least 4 members (excludes halogenated alkanes) is 7. The van der Waals surface area contributed by atoms with Crippen molar-refractivity contribution in [3.63, 3.8) is 0 Å². The highest BCUT2D eigenvalue weighted by atomic mass is 31.1. The van der Waals surface area contributed by atoms with Gasteiger partial charge in [0.25, 0.3) is 0 Å². The van der Waals surface area contributed by atoms with Crippen molar-refractivity contribution < 1.29 is 18.4 Å². The van der Waals surface area contributed by atoms with E-state index in [2.05, 4.69) is 28.9 Å². The number of hydrogen-bond acceptors (Lipinski definition) is 4. The molecule has 0 bridgehead atoms. The molecule has 30 heavy (non-hydrogen) atoms. The Hall–Kier alpha value is -2.23. The molecule has 0 unspecified atom stereocenters. The summed E-state index contributed by atoms with van der Waals surface area (Å²) in [6.45, 7) is 2.33. The van der Waals surface area contributed by atoms with E-state index < -0.39 is 7.91 Å². The molecule has 0 aromatic rings. The molecule has 0 aliphatic rings. The zero-order valence-corrected chi connectivity index (χ0v) is 19.0. The Bertz CT molecular complexity index is 663. The van der Waals surface area contributed by atoms with Crippen LogP contribution in [0.5, 0.6) is 0 Å². The third-order valence-corrected chi connectivity index (χ3v) is 4.35. The highest BCUT2D eigenvalue weighted by Gasteiger charge is 1.95. The second-order valence-electron chi connectivity index (χ2n) is 6.58. The van der Waals surface area contributed by atoms with Crippen LogP contribution in [0.3, 0.4) is 0 Å². The van der Waals surface area contributed by atoms with Crippen LogP contribution in [0, 0.1) is 0 Å². The number of nitrogens with one attached hydrogen (secondary N) is 1. The van der Waals surface area contributed by atoms with Gasteiger partial charge in [0, 0.05) is 12.6 Å². The largest absolute Gasteiger partial charge is 0.468 e. The summed E-state index contributed by atoms with van der Waals surface area (Å²) in [5.74, 6) is -0.307. The molecule has 0 fully saturated rings. The van der Waals surface area contributed by atoms with Crippen molar-refractivity contribution in [1.82, 2.24) is 5.32 Å². The Kier molecular flexibility index (Phi) is 21.3. The number of allylic oxidation sites excluding steroid dienone is 11. The predicted octanol–water partition coefficient (Wildman–Crippen LogP) is 6.69.